The Morgan fingerprint density at radius 3 is 2.48 bits per heavy atom. The van der Waals surface area contributed by atoms with Crippen molar-refractivity contribution in [3.63, 3.8) is 0 Å². The quantitative estimate of drug-likeness (QED) is 0.549. The molecule has 0 aliphatic carbocycles. The normalized spacial score (nSPS) is 15.0. The number of esters is 1. The second-order valence-corrected chi connectivity index (χ2v) is 9.16. The topological polar surface area (TPSA) is 74.8 Å². The Hall–Kier alpha value is -2.59. The summed E-state index contributed by atoms with van der Waals surface area (Å²) in [5.74, 6) is -0.448. The molecule has 1 amide bonds. The molecule has 4 rings (SSSR count). The second-order valence-electron chi connectivity index (χ2n) is 7.27. The number of rotatable bonds is 7. The van der Waals surface area contributed by atoms with Gasteiger partial charge in [-0.05, 0) is 35.7 Å². The van der Waals surface area contributed by atoms with Crippen LogP contribution in [-0.2, 0) is 16.1 Å². The van der Waals surface area contributed by atoms with Crippen LogP contribution in [0.4, 0.5) is 5.69 Å². The van der Waals surface area contributed by atoms with E-state index < -0.39 is 5.97 Å². The average molecular weight is 457 g/mol. The van der Waals surface area contributed by atoms with Gasteiger partial charge >= 0.3 is 5.97 Å². The molecule has 0 bridgehead atoms. The van der Waals surface area contributed by atoms with E-state index in [9.17, 15) is 9.59 Å². The third kappa shape index (κ3) is 5.76. The van der Waals surface area contributed by atoms with Gasteiger partial charge in [-0.15, -0.1) is 22.7 Å². The third-order valence-corrected chi connectivity index (χ3v) is 6.83. The summed E-state index contributed by atoms with van der Waals surface area (Å²) in [5, 5.41) is 8.21. The van der Waals surface area contributed by atoms with Crippen molar-refractivity contribution in [2.45, 2.75) is 6.54 Å². The summed E-state index contributed by atoms with van der Waals surface area (Å²) in [5.41, 5.74) is 2.19. The first-order chi connectivity index (χ1) is 15.1. The van der Waals surface area contributed by atoms with Gasteiger partial charge in [-0.1, -0.05) is 6.07 Å². The molecule has 1 saturated heterocycles. The van der Waals surface area contributed by atoms with Gasteiger partial charge in [0.2, 0.25) is 5.91 Å². The number of carbonyl (C=O) groups is 2. The van der Waals surface area contributed by atoms with Crippen LogP contribution in [0, 0.1) is 0 Å². The van der Waals surface area contributed by atoms with Crippen molar-refractivity contribution in [3.8, 4) is 10.6 Å². The highest BCUT2D eigenvalue weighted by Gasteiger charge is 2.20. The Bertz CT molecular complexity index is 1010. The maximum Gasteiger partial charge on any atom is 0.337 e. The molecule has 1 fully saturated rings. The summed E-state index contributed by atoms with van der Waals surface area (Å²) >= 11 is 3.42. The molecule has 1 aliphatic heterocycles. The molecule has 162 valence electrons. The summed E-state index contributed by atoms with van der Waals surface area (Å²) in [4.78, 5) is 34.4. The number of amides is 1. The molecule has 1 aromatic carbocycles. The molecule has 0 radical (unpaired) electrons. The van der Waals surface area contributed by atoms with Crippen LogP contribution in [0.1, 0.15) is 15.4 Å². The van der Waals surface area contributed by atoms with Crippen LogP contribution in [0.15, 0.2) is 47.2 Å². The molecular weight excluding hydrogens is 432 g/mol. The molecule has 3 heterocycles. The monoisotopic (exact) mass is 456 g/mol. The fourth-order valence-corrected chi connectivity index (χ4v) is 5.03. The first-order valence-electron chi connectivity index (χ1n) is 10.0. The van der Waals surface area contributed by atoms with Crippen molar-refractivity contribution >= 4 is 40.2 Å². The van der Waals surface area contributed by atoms with Crippen molar-refractivity contribution in [3.05, 3.63) is 57.7 Å². The summed E-state index contributed by atoms with van der Waals surface area (Å²) in [7, 11) is 1.34. The van der Waals surface area contributed by atoms with Gasteiger partial charge in [-0.3, -0.25) is 14.6 Å². The van der Waals surface area contributed by atoms with E-state index in [0.29, 0.717) is 17.8 Å². The second kappa shape index (κ2) is 10.1. The number of thiophene rings is 1. The largest absolute Gasteiger partial charge is 0.465 e. The van der Waals surface area contributed by atoms with Crippen LogP contribution < -0.4 is 5.32 Å². The molecule has 0 saturated carbocycles. The molecule has 0 atom stereocenters. The van der Waals surface area contributed by atoms with Crippen molar-refractivity contribution in [1.29, 1.82) is 0 Å². The number of ether oxygens (including phenoxy) is 1. The van der Waals surface area contributed by atoms with E-state index in [0.717, 1.165) is 43.4 Å². The van der Waals surface area contributed by atoms with Gasteiger partial charge in [0.1, 0.15) is 5.01 Å². The van der Waals surface area contributed by atoms with Gasteiger partial charge < -0.3 is 10.1 Å². The Morgan fingerprint density at radius 1 is 1.06 bits per heavy atom. The summed E-state index contributed by atoms with van der Waals surface area (Å²) in [6.07, 6.45) is 0. The molecule has 3 aromatic rings. The number of piperazine rings is 1. The number of carbonyl (C=O) groups excluding carboxylic acids is 2. The number of nitrogens with one attached hydrogen (secondary N) is 1. The highest BCUT2D eigenvalue weighted by molar-refractivity contribution is 7.14. The standard InChI is InChI=1S/C22H24N4O3S2/c1-29-22(28)16-4-6-17(7-5-16)23-20(27)13-25-8-10-26(11-9-25)14-21-24-18(15-31-21)19-3-2-12-30-19/h2-7,12,15H,8-11,13-14H2,1H3,(H,23,27). The van der Waals surface area contributed by atoms with E-state index in [1.165, 1.54) is 12.0 Å². The lowest BCUT2D eigenvalue weighted by Crippen LogP contribution is -2.48. The predicted molar refractivity (Wildman–Crippen MR) is 124 cm³/mol. The zero-order chi connectivity index (χ0) is 21.6. The van der Waals surface area contributed by atoms with Crippen LogP contribution in [0.2, 0.25) is 0 Å². The van der Waals surface area contributed by atoms with E-state index >= 15 is 0 Å². The zero-order valence-corrected chi connectivity index (χ0v) is 18.9. The fourth-order valence-electron chi connectivity index (χ4n) is 3.43. The van der Waals surface area contributed by atoms with Gasteiger partial charge in [0, 0.05) is 37.2 Å². The molecule has 0 unspecified atom stereocenters. The molecular formula is C22H24N4O3S2. The van der Waals surface area contributed by atoms with Gasteiger partial charge in [-0.2, -0.15) is 0 Å². The lowest BCUT2D eigenvalue weighted by atomic mass is 10.2. The maximum atomic E-state index is 12.4. The number of aromatic nitrogens is 1. The molecule has 1 aliphatic rings. The first kappa shape index (κ1) is 21.6. The number of anilines is 1. The minimum atomic E-state index is -0.392. The number of nitrogens with zero attached hydrogens (tertiary/aromatic N) is 3. The molecule has 7 nitrogen and oxygen atoms in total. The van der Waals surface area contributed by atoms with Crippen LogP contribution >= 0.6 is 22.7 Å². The zero-order valence-electron chi connectivity index (χ0n) is 17.2. The van der Waals surface area contributed by atoms with Crippen molar-refractivity contribution in [1.82, 2.24) is 14.8 Å². The molecule has 0 spiro atoms. The number of hydrogen-bond acceptors (Lipinski definition) is 8. The minimum absolute atomic E-state index is 0.0558. The predicted octanol–water partition coefficient (Wildman–Crippen LogP) is 3.41. The Balaban J connectivity index is 1.21. The lowest BCUT2D eigenvalue weighted by Gasteiger charge is -2.33. The Labute approximate surface area is 189 Å². The third-order valence-electron chi connectivity index (χ3n) is 5.11. The van der Waals surface area contributed by atoms with Gasteiger partial charge in [0.05, 0.1) is 36.3 Å². The van der Waals surface area contributed by atoms with E-state index in [-0.39, 0.29) is 5.91 Å². The number of thiazole rings is 1. The molecule has 2 aromatic heterocycles. The number of hydrogen-bond donors (Lipinski definition) is 1. The van der Waals surface area contributed by atoms with Gasteiger partial charge in [0.15, 0.2) is 0 Å². The van der Waals surface area contributed by atoms with Crippen LogP contribution in [-0.4, -0.2) is 66.5 Å². The average Bonchev–Trinajstić information content (AvgIpc) is 3.47. The number of methoxy groups -OCH3 is 1. The summed E-state index contributed by atoms with van der Waals surface area (Å²) < 4.78 is 4.68. The molecule has 9 heteroatoms. The van der Waals surface area contributed by atoms with Gasteiger partial charge in [-0.25, -0.2) is 9.78 Å². The fraction of sp³-hybridized carbons (Fsp3) is 0.318. The van der Waals surface area contributed by atoms with Crippen molar-refractivity contribution in [2.75, 3.05) is 45.2 Å². The lowest BCUT2D eigenvalue weighted by molar-refractivity contribution is -0.117. The van der Waals surface area contributed by atoms with E-state index in [4.69, 9.17) is 4.98 Å². The van der Waals surface area contributed by atoms with Crippen LogP contribution in [0.25, 0.3) is 10.6 Å². The maximum absolute atomic E-state index is 12.4. The highest BCUT2D eigenvalue weighted by atomic mass is 32.1. The highest BCUT2D eigenvalue weighted by Crippen LogP contribution is 2.26. The van der Waals surface area contributed by atoms with Gasteiger partial charge in [0.25, 0.3) is 0 Å². The number of benzene rings is 1. The van der Waals surface area contributed by atoms with E-state index in [1.807, 2.05) is 6.07 Å². The van der Waals surface area contributed by atoms with Crippen LogP contribution in [0.3, 0.4) is 0 Å². The summed E-state index contributed by atoms with van der Waals surface area (Å²) in [6.45, 7) is 4.72. The summed E-state index contributed by atoms with van der Waals surface area (Å²) in [6, 6.07) is 10.8. The Morgan fingerprint density at radius 2 is 1.81 bits per heavy atom. The molecule has 31 heavy (non-hydrogen) atoms. The molecule has 1 N–H and O–H groups in total. The smallest absolute Gasteiger partial charge is 0.337 e. The van der Waals surface area contributed by atoms with Crippen molar-refractivity contribution < 1.29 is 14.3 Å². The van der Waals surface area contributed by atoms with E-state index in [2.05, 4.69) is 36.7 Å². The van der Waals surface area contributed by atoms with E-state index in [1.54, 1.807) is 46.9 Å². The van der Waals surface area contributed by atoms with Crippen LogP contribution in [0.5, 0.6) is 0 Å². The Kier molecular flexibility index (Phi) is 7.08. The van der Waals surface area contributed by atoms with Crippen molar-refractivity contribution in [2.24, 2.45) is 0 Å². The SMILES string of the molecule is COC(=O)c1ccc(NC(=O)CN2CCN(Cc3nc(-c4cccs4)cs3)CC2)cc1. The first-order valence-corrected chi connectivity index (χ1v) is 11.8. The minimum Gasteiger partial charge on any atom is -0.465 e.